The van der Waals surface area contributed by atoms with Gasteiger partial charge in [-0.25, -0.2) is 4.68 Å². The summed E-state index contributed by atoms with van der Waals surface area (Å²) in [7, 11) is 0. The largest absolute Gasteiger partial charge is 0.328 e. The van der Waals surface area contributed by atoms with Crippen molar-refractivity contribution in [1.29, 1.82) is 0 Å². The topological polar surface area (TPSA) is 42.6 Å². The van der Waals surface area contributed by atoms with Gasteiger partial charge in [0.05, 0.1) is 37.4 Å². The van der Waals surface area contributed by atoms with Crippen molar-refractivity contribution in [1.82, 2.24) is 14.7 Å². The monoisotopic (exact) mass is 423 g/mol. The van der Waals surface area contributed by atoms with E-state index in [0.717, 1.165) is 49.7 Å². The van der Waals surface area contributed by atoms with Crippen LogP contribution in [0.2, 0.25) is 0 Å². The third-order valence-electron chi connectivity index (χ3n) is 6.07. The second-order valence-corrected chi connectivity index (χ2v) is 8.24. The molecule has 1 fully saturated rings. The molecule has 0 unspecified atom stereocenters. The Morgan fingerprint density at radius 3 is 2.06 bits per heavy atom. The maximum absolute atomic E-state index is 13.6. The van der Waals surface area contributed by atoms with Crippen molar-refractivity contribution in [3.05, 3.63) is 108 Å². The van der Waals surface area contributed by atoms with E-state index in [2.05, 4.69) is 30.3 Å². The summed E-state index contributed by atoms with van der Waals surface area (Å²) in [5.74, 6) is 0.0600. The minimum atomic E-state index is 0.0600. The third kappa shape index (κ3) is 4.34. The molecule has 0 bridgehead atoms. The summed E-state index contributed by atoms with van der Waals surface area (Å²) in [4.78, 5) is 17.1. The Bertz CT molecular complexity index is 1160. The lowest BCUT2D eigenvalue weighted by atomic mass is 10.1. The quantitative estimate of drug-likeness (QED) is 0.536. The van der Waals surface area contributed by atoms with E-state index in [0.29, 0.717) is 5.56 Å². The smallest absolute Gasteiger partial charge is 0.258 e. The molecule has 0 atom stereocenters. The second kappa shape index (κ2) is 9.20. The fraction of sp³-hybridized carbons (Fsp3) is 0.185. The fourth-order valence-electron chi connectivity index (χ4n) is 4.31. The molecule has 1 N–H and O–H groups in total. The Morgan fingerprint density at radius 1 is 0.812 bits per heavy atom. The molecule has 0 aliphatic carbocycles. The number of hydrogen-bond donors (Lipinski definition) is 1. The van der Waals surface area contributed by atoms with Gasteiger partial charge in [0.2, 0.25) is 0 Å². The number of hydrogen-bond acceptors (Lipinski definition) is 2. The summed E-state index contributed by atoms with van der Waals surface area (Å²) in [5, 5.41) is 4.80. The number of para-hydroxylation sites is 1. The first-order valence-electron chi connectivity index (χ1n) is 11.2. The highest BCUT2D eigenvalue weighted by molar-refractivity contribution is 6.00. The minimum absolute atomic E-state index is 0.0600. The number of nitrogens with zero attached hydrogens (tertiary/aromatic N) is 3. The Hall–Kier alpha value is -3.70. The zero-order chi connectivity index (χ0) is 21.8. The first-order valence-corrected chi connectivity index (χ1v) is 11.2. The Morgan fingerprint density at radius 2 is 1.41 bits per heavy atom. The second-order valence-electron chi connectivity index (χ2n) is 8.24. The van der Waals surface area contributed by atoms with E-state index >= 15 is 0 Å². The number of amides is 1. The molecule has 5 rings (SSSR count). The van der Waals surface area contributed by atoms with Gasteiger partial charge >= 0.3 is 0 Å². The average Bonchev–Trinajstić information content (AvgIpc) is 3.31. The normalized spacial score (nSPS) is 14.4. The van der Waals surface area contributed by atoms with E-state index in [-0.39, 0.29) is 5.91 Å². The highest BCUT2D eigenvalue weighted by Crippen LogP contribution is 2.25. The van der Waals surface area contributed by atoms with E-state index in [1.54, 1.807) is 0 Å². The number of benzene rings is 3. The lowest BCUT2D eigenvalue weighted by Gasteiger charge is -2.32. The molecule has 0 saturated carbocycles. The van der Waals surface area contributed by atoms with Crippen LogP contribution in [0.1, 0.15) is 15.9 Å². The van der Waals surface area contributed by atoms with Crippen LogP contribution in [0.3, 0.4) is 0 Å². The predicted octanol–water partition coefficient (Wildman–Crippen LogP) is 3.08. The zero-order valence-corrected chi connectivity index (χ0v) is 18.0. The molecule has 1 saturated heterocycles. The molecule has 1 aliphatic heterocycles. The SMILES string of the molecule is O=C(c1cn(-c2ccccc2)nc1-c1ccccc1)N1CC[NH+](Cc2ccccc2)CC1. The summed E-state index contributed by atoms with van der Waals surface area (Å²) in [6.45, 7) is 4.42. The number of quaternary nitrogens is 1. The number of piperazine rings is 1. The first kappa shape index (κ1) is 20.2. The van der Waals surface area contributed by atoms with Crippen molar-refractivity contribution in [2.45, 2.75) is 6.54 Å². The van der Waals surface area contributed by atoms with Crippen LogP contribution >= 0.6 is 0 Å². The minimum Gasteiger partial charge on any atom is -0.328 e. The molecule has 2 heterocycles. The van der Waals surface area contributed by atoms with Crippen LogP contribution in [-0.4, -0.2) is 46.8 Å². The Balaban J connectivity index is 1.37. The number of rotatable bonds is 5. The van der Waals surface area contributed by atoms with Gasteiger partial charge in [-0.15, -0.1) is 0 Å². The van der Waals surface area contributed by atoms with Crippen molar-refractivity contribution in [2.75, 3.05) is 26.2 Å². The molecule has 5 heteroatoms. The molecule has 1 aliphatic rings. The van der Waals surface area contributed by atoms with Gasteiger partial charge in [-0.1, -0.05) is 78.9 Å². The molecule has 160 valence electrons. The third-order valence-corrected chi connectivity index (χ3v) is 6.07. The maximum atomic E-state index is 13.6. The summed E-state index contributed by atoms with van der Waals surface area (Å²) in [5.41, 5.74) is 4.64. The zero-order valence-electron chi connectivity index (χ0n) is 18.0. The van der Waals surface area contributed by atoms with Crippen LogP contribution in [0.5, 0.6) is 0 Å². The molecule has 3 aromatic carbocycles. The molecular formula is C27H27N4O+. The van der Waals surface area contributed by atoms with Crippen molar-refractivity contribution in [2.24, 2.45) is 0 Å². The van der Waals surface area contributed by atoms with E-state index in [4.69, 9.17) is 5.10 Å². The molecule has 5 nitrogen and oxygen atoms in total. The predicted molar refractivity (Wildman–Crippen MR) is 126 cm³/mol. The van der Waals surface area contributed by atoms with Gasteiger partial charge in [-0.3, -0.25) is 4.79 Å². The van der Waals surface area contributed by atoms with Gasteiger partial charge < -0.3 is 9.80 Å². The molecule has 4 aromatic rings. The lowest BCUT2D eigenvalue weighted by molar-refractivity contribution is -0.917. The van der Waals surface area contributed by atoms with Crippen LogP contribution in [0.25, 0.3) is 16.9 Å². The number of aromatic nitrogens is 2. The van der Waals surface area contributed by atoms with Crippen LogP contribution in [0.4, 0.5) is 0 Å². The molecule has 0 radical (unpaired) electrons. The molecule has 1 amide bonds. The summed E-state index contributed by atoms with van der Waals surface area (Å²) >= 11 is 0. The highest BCUT2D eigenvalue weighted by Gasteiger charge is 2.28. The first-order chi connectivity index (χ1) is 15.8. The van der Waals surface area contributed by atoms with Crippen LogP contribution in [0.15, 0.2) is 97.2 Å². The summed E-state index contributed by atoms with van der Waals surface area (Å²) in [6.07, 6.45) is 1.88. The van der Waals surface area contributed by atoms with E-state index in [1.165, 1.54) is 10.5 Å². The Kier molecular flexibility index (Phi) is 5.81. The number of nitrogens with one attached hydrogen (secondary N) is 1. The van der Waals surface area contributed by atoms with Gasteiger partial charge in [-0.2, -0.15) is 5.10 Å². The molecule has 0 spiro atoms. The van der Waals surface area contributed by atoms with Crippen molar-refractivity contribution < 1.29 is 9.69 Å². The van der Waals surface area contributed by atoms with Gasteiger partial charge in [0.25, 0.3) is 5.91 Å². The fourth-order valence-corrected chi connectivity index (χ4v) is 4.31. The molecular weight excluding hydrogens is 396 g/mol. The lowest BCUT2D eigenvalue weighted by Crippen LogP contribution is -3.13. The highest BCUT2D eigenvalue weighted by atomic mass is 16.2. The van der Waals surface area contributed by atoms with Crippen LogP contribution < -0.4 is 4.90 Å². The van der Waals surface area contributed by atoms with E-state index in [9.17, 15) is 4.79 Å². The van der Waals surface area contributed by atoms with Gasteiger partial charge in [0.15, 0.2) is 0 Å². The average molecular weight is 424 g/mol. The summed E-state index contributed by atoms with van der Waals surface area (Å²) in [6, 6.07) is 30.5. The summed E-state index contributed by atoms with van der Waals surface area (Å²) < 4.78 is 1.81. The number of carbonyl (C=O) groups excluding carboxylic acids is 1. The van der Waals surface area contributed by atoms with Crippen molar-refractivity contribution in [3.63, 3.8) is 0 Å². The standard InChI is InChI=1S/C27H26N4O/c32-27(30-18-16-29(17-19-30)20-22-10-4-1-5-11-22)25-21-31(24-14-8-3-9-15-24)28-26(25)23-12-6-2-7-13-23/h1-15,21H,16-20H2/p+1. The Labute approximate surface area is 188 Å². The van der Waals surface area contributed by atoms with E-state index < -0.39 is 0 Å². The number of carbonyl (C=O) groups is 1. The van der Waals surface area contributed by atoms with Crippen molar-refractivity contribution >= 4 is 5.91 Å². The van der Waals surface area contributed by atoms with E-state index in [1.807, 2.05) is 76.4 Å². The van der Waals surface area contributed by atoms with Crippen molar-refractivity contribution in [3.8, 4) is 16.9 Å². The van der Waals surface area contributed by atoms with Gasteiger partial charge in [-0.05, 0) is 12.1 Å². The van der Waals surface area contributed by atoms with Crippen LogP contribution in [-0.2, 0) is 6.54 Å². The van der Waals surface area contributed by atoms with Gasteiger partial charge in [0.1, 0.15) is 12.2 Å². The van der Waals surface area contributed by atoms with Gasteiger partial charge in [0, 0.05) is 17.3 Å². The molecule has 1 aromatic heterocycles. The van der Waals surface area contributed by atoms with Crippen LogP contribution in [0, 0.1) is 0 Å². The molecule has 32 heavy (non-hydrogen) atoms. The maximum Gasteiger partial charge on any atom is 0.258 e.